The lowest BCUT2D eigenvalue weighted by Gasteiger charge is -2.32. The van der Waals surface area contributed by atoms with E-state index in [-0.39, 0.29) is 29.1 Å². The van der Waals surface area contributed by atoms with Gasteiger partial charge in [0.15, 0.2) is 0 Å². The zero-order chi connectivity index (χ0) is 30.3. The molecule has 1 aliphatic rings. The first-order chi connectivity index (χ1) is 20.1. The number of hydrogen-bond donors (Lipinski definition) is 1. The topological polar surface area (TPSA) is 96.0 Å². The minimum absolute atomic E-state index is 0.0147. The van der Waals surface area contributed by atoms with Crippen molar-refractivity contribution in [3.63, 3.8) is 0 Å². The standard InChI is InChI=1S/C31H35BrClN3O5S/c1-3-41-28-15-13-27(14-16-28)36(42(39,40)29-17-11-25(33)12-18-29)21-30(37)35(20-23-7-6-8-24(32)19-23)22(2)31(38)34-26-9-4-5-10-26/h6-8,11-19,22,26H,3-5,9-10,20-21H2,1-2H3,(H,34,38)/t22-/m0/s1. The molecule has 1 saturated carbocycles. The summed E-state index contributed by atoms with van der Waals surface area (Å²) in [6.45, 7) is 3.59. The van der Waals surface area contributed by atoms with Gasteiger partial charge in [0.1, 0.15) is 18.3 Å². The molecule has 224 valence electrons. The number of amides is 2. The first-order valence-corrected chi connectivity index (χ1v) is 16.5. The van der Waals surface area contributed by atoms with Gasteiger partial charge in [-0.15, -0.1) is 0 Å². The lowest BCUT2D eigenvalue weighted by atomic mass is 10.1. The lowest BCUT2D eigenvalue weighted by molar-refractivity contribution is -0.139. The number of anilines is 1. The number of rotatable bonds is 12. The first-order valence-electron chi connectivity index (χ1n) is 13.9. The summed E-state index contributed by atoms with van der Waals surface area (Å²) in [4.78, 5) is 28.8. The maximum absolute atomic E-state index is 14.1. The Kier molecular flexibility index (Phi) is 10.9. The van der Waals surface area contributed by atoms with E-state index >= 15 is 0 Å². The van der Waals surface area contributed by atoms with E-state index in [4.69, 9.17) is 16.3 Å². The molecule has 0 radical (unpaired) electrons. The third-order valence-corrected chi connectivity index (χ3v) is 9.76. The monoisotopic (exact) mass is 675 g/mol. The predicted octanol–water partition coefficient (Wildman–Crippen LogP) is 6.17. The van der Waals surface area contributed by atoms with Gasteiger partial charge >= 0.3 is 0 Å². The number of hydrogen-bond acceptors (Lipinski definition) is 5. The number of carbonyl (C=O) groups excluding carboxylic acids is 2. The summed E-state index contributed by atoms with van der Waals surface area (Å²) in [5, 5.41) is 3.46. The molecule has 0 unspecified atom stereocenters. The van der Waals surface area contributed by atoms with Crippen LogP contribution in [0.15, 0.2) is 82.2 Å². The molecular formula is C31H35BrClN3O5S. The van der Waals surface area contributed by atoms with E-state index < -0.39 is 28.5 Å². The maximum atomic E-state index is 14.1. The fraction of sp³-hybridized carbons (Fsp3) is 0.355. The van der Waals surface area contributed by atoms with Gasteiger partial charge in [0, 0.05) is 22.1 Å². The van der Waals surface area contributed by atoms with Gasteiger partial charge in [-0.25, -0.2) is 8.42 Å². The minimum Gasteiger partial charge on any atom is -0.494 e. The van der Waals surface area contributed by atoms with E-state index in [0.29, 0.717) is 17.4 Å². The molecule has 0 heterocycles. The summed E-state index contributed by atoms with van der Waals surface area (Å²) < 4.78 is 35.3. The van der Waals surface area contributed by atoms with E-state index in [1.807, 2.05) is 31.2 Å². The van der Waals surface area contributed by atoms with Crippen molar-refractivity contribution in [1.82, 2.24) is 10.2 Å². The third-order valence-electron chi connectivity index (χ3n) is 7.23. The molecule has 4 rings (SSSR count). The normalized spacial score (nSPS) is 14.3. The van der Waals surface area contributed by atoms with Crippen LogP contribution in [0.1, 0.15) is 45.1 Å². The van der Waals surface area contributed by atoms with Crippen molar-refractivity contribution in [3.8, 4) is 5.75 Å². The molecule has 0 aromatic heterocycles. The number of carbonyl (C=O) groups is 2. The summed E-state index contributed by atoms with van der Waals surface area (Å²) in [6.07, 6.45) is 3.92. The van der Waals surface area contributed by atoms with Crippen LogP contribution in [0.25, 0.3) is 0 Å². The highest BCUT2D eigenvalue weighted by molar-refractivity contribution is 9.10. The Morgan fingerprint density at radius 3 is 2.33 bits per heavy atom. The van der Waals surface area contributed by atoms with Crippen LogP contribution in [0.5, 0.6) is 5.75 Å². The summed E-state index contributed by atoms with van der Waals surface area (Å²) in [5.41, 5.74) is 1.08. The Morgan fingerprint density at radius 1 is 1.05 bits per heavy atom. The van der Waals surface area contributed by atoms with Crippen LogP contribution in [0, 0.1) is 0 Å². The zero-order valence-electron chi connectivity index (χ0n) is 23.6. The molecule has 0 saturated heterocycles. The molecule has 1 aliphatic carbocycles. The minimum atomic E-state index is -4.19. The largest absolute Gasteiger partial charge is 0.494 e. The molecule has 0 bridgehead atoms. The SMILES string of the molecule is CCOc1ccc(N(CC(=O)N(Cc2cccc(Br)c2)[C@@H](C)C(=O)NC2CCCC2)S(=O)(=O)c2ccc(Cl)cc2)cc1. The van der Waals surface area contributed by atoms with Gasteiger partial charge in [0.2, 0.25) is 11.8 Å². The highest BCUT2D eigenvalue weighted by atomic mass is 79.9. The van der Waals surface area contributed by atoms with Gasteiger partial charge in [-0.05, 0) is 92.9 Å². The number of sulfonamides is 1. The quantitative estimate of drug-likeness (QED) is 0.248. The molecule has 0 spiro atoms. The second kappa shape index (κ2) is 14.4. The number of benzene rings is 3. The average molecular weight is 677 g/mol. The Balaban J connectivity index is 1.69. The summed E-state index contributed by atoms with van der Waals surface area (Å²) in [6, 6.07) is 19.0. The van der Waals surface area contributed by atoms with Crippen LogP contribution in [0.2, 0.25) is 5.02 Å². The fourth-order valence-electron chi connectivity index (χ4n) is 4.94. The smallest absolute Gasteiger partial charge is 0.264 e. The lowest BCUT2D eigenvalue weighted by Crippen LogP contribution is -2.52. The molecule has 2 amide bonds. The van der Waals surface area contributed by atoms with Gasteiger partial charge in [-0.2, -0.15) is 0 Å². The third kappa shape index (κ3) is 8.05. The van der Waals surface area contributed by atoms with Crippen molar-refractivity contribution in [2.45, 2.75) is 63.1 Å². The molecule has 42 heavy (non-hydrogen) atoms. The first kappa shape index (κ1) is 31.8. The van der Waals surface area contributed by atoms with Crippen molar-refractivity contribution in [2.24, 2.45) is 0 Å². The summed E-state index contributed by atoms with van der Waals surface area (Å²) in [7, 11) is -4.19. The molecule has 3 aromatic rings. The zero-order valence-corrected chi connectivity index (χ0v) is 26.8. The van der Waals surface area contributed by atoms with Crippen LogP contribution in [0.3, 0.4) is 0 Å². The number of halogens is 2. The molecule has 1 atom stereocenters. The van der Waals surface area contributed by atoms with Crippen molar-refractivity contribution >= 4 is 55.1 Å². The van der Waals surface area contributed by atoms with Crippen molar-refractivity contribution < 1.29 is 22.7 Å². The van der Waals surface area contributed by atoms with E-state index in [2.05, 4.69) is 21.2 Å². The predicted molar refractivity (Wildman–Crippen MR) is 168 cm³/mol. The van der Waals surface area contributed by atoms with Crippen molar-refractivity contribution in [3.05, 3.63) is 87.9 Å². The van der Waals surface area contributed by atoms with E-state index in [9.17, 15) is 18.0 Å². The highest BCUT2D eigenvalue weighted by Gasteiger charge is 2.33. The molecule has 11 heteroatoms. The van der Waals surface area contributed by atoms with Crippen LogP contribution in [-0.4, -0.2) is 50.4 Å². The number of nitrogens with zero attached hydrogens (tertiary/aromatic N) is 2. The molecular weight excluding hydrogens is 642 g/mol. The molecule has 1 N–H and O–H groups in total. The maximum Gasteiger partial charge on any atom is 0.264 e. The van der Waals surface area contributed by atoms with Crippen molar-refractivity contribution in [2.75, 3.05) is 17.5 Å². The molecule has 1 fully saturated rings. The Morgan fingerprint density at radius 2 is 1.71 bits per heavy atom. The van der Waals surface area contributed by atoms with Gasteiger partial charge in [-0.3, -0.25) is 13.9 Å². The Labute approximate surface area is 261 Å². The van der Waals surface area contributed by atoms with E-state index in [1.54, 1.807) is 31.2 Å². The average Bonchev–Trinajstić information content (AvgIpc) is 3.48. The van der Waals surface area contributed by atoms with E-state index in [0.717, 1.165) is 40.0 Å². The Bertz CT molecular complexity index is 1480. The molecule has 3 aromatic carbocycles. The van der Waals surface area contributed by atoms with Gasteiger partial charge in [0.05, 0.1) is 17.2 Å². The fourth-order valence-corrected chi connectivity index (χ4v) is 6.93. The van der Waals surface area contributed by atoms with Crippen LogP contribution in [-0.2, 0) is 26.2 Å². The molecule has 0 aliphatic heterocycles. The Hall–Kier alpha value is -3.08. The number of ether oxygens (including phenoxy) is 1. The highest BCUT2D eigenvalue weighted by Crippen LogP contribution is 2.28. The second-order valence-corrected chi connectivity index (χ2v) is 13.4. The van der Waals surface area contributed by atoms with Crippen molar-refractivity contribution in [1.29, 1.82) is 0 Å². The second-order valence-electron chi connectivity index (χ2n) is 10.2. The van der Waals surface area contributed by atoms with Gasteiger partial charge in [-0.1, -0.05) is 52.5 Å². The van der Waals surface area contributed by atoms with Crippen LogP contribution < -0.4 is 14.4 Å². The van der Waals surface area contributed by atoms with Gasteiger partial charge in [0.25, 0.3) is 10.0 Å². The molecule has 8 nitrogen and oxygen atoms in total. The summed E-state index contributed by atoms with van der Waals surface area (Å²) in [5.74, 6) is -0.209. The van der Waals surface area contributed by atoms with Crippen LogP contribution >= 0.6 is 27.5 Å². The summed E-state index contributed by atoms with van der Waals surface area (Å²) >= 11 is 9.49. The number of nitrogens with one attached hydrogen (secondary N) is 1. The van der Waals surface area contributed by atoms with E-state index in [1.165, 1.54) is 29.2 Å². The van der Waals surface area contributed by atoms with Gasteiger partial charge < -0.3 is 15.0 Å². The van der Waals surface area contributed by atoms with Crippen LogP contribution in [0.4, 0.5) is 5.69 Å².